The largest absolute Gasteiger partial charge is 0.352 e. The van der Waals surface area contributed by atoms with Crippen molar-refractivity contribution in [3.05, 3.63) is 58.6 Å². The van der Waals surface area contributed by atoms with Crippen LogP contribution in [0.25, 0.3) is 11.0 Å². The highest BCUT2D eigenvalue weighted by molar-refractivity contribution is 6.31. The van der Waals surface area contributed by atoms with E-state index in [1.165, 1.54) is 11.1 Å². The SMILES string of the molecule is Cc1ccccc1CNC(=O)C1CCN(c2nc3ccc(Cl)cc3[nH]2)CC1. The third-order valence-electron chi connectivity index (χ3n) is 5.31. The molecule has 4 rings (SSSR count). The number of carbonyl (C=O) groups is 1. The molecular weight excluding hydrogens is 360 g/mol. The van der Waals surface area contributed by atoms with Crippen LogP contribution in [-0.2, 0) is 11.3 Å². The predicted octanol–water partition coefficient (Wildman–Crippen LogP) is 4.06. The number of benzene rings is 2. The molecule has 0 radical (unpaired) electrons. The number of aryl methyl sites for hydroxylation is 1. The number of fused-ring (bicyclic) bond motifs is 1. The molecule has 1 aliphatic heterocycles. The second kappa shape index (κ2) is 7.61. The highest BCUT2D eigenvalue weighted by Gasteiger charge is 2.26. The van der Waals surface area contributed by atoms with Gasteiger partial charge in [-0.2, -0.15) is 0 Å². The van der Waals surface area contributed by atoms with Gasteiger partial charge in [0, 0.05) is 30.6 Å². The molecule has 3 aromatic rings. The molecule has 0 bridgehead atoms. The van der Waals surface area contributed by atoms with Crippen LogP contribution in [0.4, 0.5) is 5.95 Å². The van der Waals surface area contributed by atoms with Crippen molar-refractivity contribution >= 4 is 34.5 Å². The molecule has 27 heavy (non-hydrogen) atoms. The Hall–Kier alpha value is -2.53. The van der Waals surface area contributed by atoms with Crippen molar-refractivity contribution in [2.24, 2.45) is 5.92 Å². The lowest BCUT2D eigenvalue weighted by molar-refractivity contribution is -0.125. The summed E-state index contributed by atoms with van der Waals surface area (Å²) in [4.78, 5) is 22.7. The van der Waals surface area contributed by atoms with E-state index in [-0.39, 0.29) is 11.8 Å². The summed E-state index contributed by atoms with van der Waals surface area (Å²) in [6.45, 7) is 4.29. The van der Waals surface area contributed by atoms with Crippen molar-refractivity contribution in [3.8, 4) is 0 Å². The quantitative estimate of drug-likeness (QED) is 0.715. The second-order valence-electron chi connectivity index (χ2n) is 7.13. The number of anilines is 1. The average Bonchev–Trinajstić information content (AvgIpc) is 3.10. The van der Waals surface area contributed by atoms with Crippen LogP contribution in [0.2, 0.25) is 5.02 Å². The maximum atomic E-state index is 12.5. The van der Waals surface area contributed by atoms with Gasteiger partial charge in [0.05, 0.1) is 11.0 Å². The summed E-state index contributed by atoms with van der Waals surface area (Å²) in [6, 6.07) is 13.8. The Kier molecular flexibility index (Phi) is 5.03. The van der Waals surface area contributed by atoms with Gasteiger partial charge in [-0.15, -0.1) is 0 Å². The van der Waals surface area contributed by atoms with Crippen molar-refractivity contribution in [3.63, 3.8) is 0 Å². The molecule has 2 aromatic carbocycles. The van der Waals surface area contributed by atoms with Gasteiger partial charge in [-0.1, -0.05) is 35.9 Å². The Morgan fingerprint density at radius 1 is 1.26 bits per heavy atom. The number of aromatic amines is 1. The molecule has 0 aliphatic carbocycles. The first-order chi connectivity index (χ1) is 13.1. The van der Waals surface area contributed by atoms with Crippen LogP contribution < -0.4 is 10.2 Å². The molecule has 6 heteroatoms. The van der Waals surface area contributed by atoms with Gasteiger partial charge >= 0.3 is 0 Å². The molecule has 2 N–H and O–H groups in total. The molecule has 5 nitrogen and oxygen atoms in total. The van der Waals surface area contributed by atoms with Gasteiger partial charge < -0.3 is 15.2 Å². The number of nitrogens with one attached hydrogen (secondary N) is 2. The summed E-state index contributed by atoms with van der Waals surface area (Å²) in [5, 5.41) is 3.79. The fourth-order valence-corrected chi connectivity index (χ4v) is 3.78. The van der Waals surface area contributed by atoms with Crippen molar-refractivity contribution < 1.29 is 4.79 Å². The van der Waals surface area contributed by atoms with Crippen molar-refractivity contribution in [1.82, 2.24) is 15.3 Å². The zero-order valence-electron chi connectivity index (χ0n) is 15.3. The van der Waals surface area contributed by atoms with E-state index in [2.05, 4.69) is 39.2 Å². The number of amides is 1. The molecular formula is C21H23ClN4O. The minimum absolute atomic E-state index is 0.0593. The van der Waals surface area contributed by atoms with Crippen LogP contribution in [-0.4, -0.2) is 29.0 Å². The molecule has 1 aromatic heterocycles. The average molecular weight is 383 g/mol. The van der Waals surface area contributed by atoms with E-state index in [9.17, 15) is 4.79 Å². The third-order valence-corrected chi connectivity index (χ3v) is 5.55. The van der Waals surface area contributed by atoms with Gasteiger partial charge in [-0.25, -0.2) is 4.98 Å². The maximum Gasteiger partial charge on any atom is 0.223 e. The minimum Gasteiger partial charge on any atom is -0.352 e. The summed E-state index contributed by atoms with van der Waals surface area (Å²) in [5.41, 5.74) is 4.23. The normalized spacial score (nSPS) is 15.3. The highest BCUT2D eigenvalue weighted by atomic mass is 35.5. The van der Waals surface area contributed by atoms with Crippen molar-refractivity contribution in [1.29, 1.82) is 0 Å². The van der Waals surface area contributed by atoms with Crippen LogP contribution in [0.1, 0.15) is 24.0 Å². The van der Waals surface area contributed by atoms with Crippen LogP contribution in [0.15, 0.2) is 42.5 Å². The van der Waals surface area contributed by atoms with E-state index < -0.39 is 0 Å². The van der Waals surface area contributed by atoms with Gasteiger partial charge in [0.25, 0.3) is 0 Å². The molecule has 1 aliphatic rings. The number of hydrogen-bond donors (Lipinski definition) is 2. The number of piperidine rings is 1. The highest BCUT2D eigenvalue weighted by Crippen LogP contribution is 2.25. The summed E-state index contributed by atoms with van der Waals surface area (Å²) in [5.74, 6) is 1.06. The lowest BCUT2D eigenvalue weighted by atomic mass is 9.96. The zero-order valence-corrected chi connectivity index (χ0v) is 16.1. The van der Waals surface area contributed by atoms with E-state index in [0.29, 0.717) is 11.6 Å². The lowest BCUT2D eigenvalue weighted by Crippen LogP contribution is -2.40. The first-order valence-corrected chi connectivity index (χ1v) is 9.70. The lowest BCUT2D eigenvalue weighted by Gasteiger charge is -2.31. The van der Waals surface area contributed by atoms with Gasteiger partial charge in [-0.3, -0.25) is 4.79 Å². The predicted molar refractivity (Wildman–Crippen MR) is 109 cm³/mol. The van der Waals surface area contributed by atoms with Crippen LogP contribution in [0.5, 0.6) is 0 Å². The number of imidazole rings is 1. The number of hydrogen-bond acceptors (Lipinski definition) is 3. The first kappa shape index (κ1) is 17.9. The fourth-order valence-electron chi connectivity index (χ4n) is 3.61. The van der Waals surface area contributed by atoms with E-state index in [0.717, 1.165) is 42.9 Å². The molecule has 1 amide bonds. The summed E-state index contributed by atoms with van der Waals surface area (Å²) in [6.07, 6.45) is 1.66. The Labute approximate surface area is 163 Å². The molecule has 2 heterocycles. The fraction of sp³-hybridized carbons (Fsp3) is 0.333. The number of rotatable bonds is 4. The Bertz CT molecular complexity index is 960. The molecule has 1 saturated heterocycles. The molecule has 0 atom stereocenters. The Balaban J connectivity index is 1.34. The number of H-pyrrole nitrogens is 1. The van der Waals surface area contributed by atoms with Crippen molar-refractivity contribution in [2.75, 3.05) is 18.0 Å². The van der Waals surface area contributed by atoms with Crippen LogP contribution >= 0.6 is 11.6 Å². The summed E-state index contributed by atoms with van der Waals surface area (Å²) in [7, 11) is 0. The van der Waals surface area contributed by atoms with E-state index in [1.807, 2.05) is 30.3 Å². The van der Waals surface area contributed by atoms with Gasteiger partial charge in [-0.05, 0) is 49.1 Å². The topological polar surface area (TPSA) is 61.0 Å². The smallest absolute Gasteiger partial charge is 0.223 e. The third kappa shape index (κ3) is 3.93. The number of nitrogens with zero attached hydrogens (tertiary/aromatic N) is 2. The number of halogens is 1. The maximum absolute atomic E-state index is 12.5. The Morgan fingerprint density at radius 2 is 2.04 bits per heavy atom. The van der Waals surface area contributed by atoms with Gasteiger partial charge in [0.15, 0.2) is 0 Å². The summed E-state index contributed by atoms with van der Waals surface area (Å²) < 4.78 is 0. The molecule has 0 spiro atoms. The molecule has 0 unspecified atom stereocenters. The second-order valence-corrected chi connectivity index (χ2v) is 7.56. The van der Waals surface area contributed by atoms with Gasteiger partial charge in [0.1, 0.15) is 0 Å². The molecule has 0 saturated carbocycles. The number of aromatic nitrogens is 2. The van der Waals surface area contributed by atoms with Crippen LogP contribution in [0.3, 0.4) is 0 Å². The van der Waals surface area contributed by atoms with Crippen LogP contribution in [0, 0.1) is 12.8 Å². The zero-order chi connectivity index (χ0) is 18.8. The van der Waals surface area contributed by atoms with E-state index >= 15 is 0 Å². The Morgan fingerprint density at radius 3 is 2.81 bits per heavy atom. The number of carbonyl (C=O) groups excluding carboxylic acids is 1. The molecule has 140 valence electrons. The standard InChI is InChI=1S/C21H23ClN4O/c1-14-4-2-3-5-16(14)13-23-20(27)15-8-10-26(11-9-15)21-24-18-7-6-17(22)12-19(18)25-21/h2-7,12,15H,8-11,13H2,1H3,(H,23,27)(H,24,25). The van der Waals surface area contributed by atoms with E-state index in [1.54, 1.807) is 0 Å². The van der Waals surface area contributed by atoms with Crippen molar-refractivity contribution in [2.45, 2.75) is 26.3 Å². The van der Waals surface area contributed by atoms with Gasteiger partial charge in [0.2, 0.25) is 11.9 Å². The molecule has 1 fully saturated rings. The first-order valence-electron chi connectivity index (χ1n) is 9.32. The monoisotopic (exact) mass is 382 g/mol. The minimum atomic E-state index is 0.0593. The summed E-state index contributed by atoms with van der Waals surface area (Å²) >= 11 is 6.05. The van der Waals surface area contributed by atoms with E-state index in [4.69, 9.17) is 11.6 Å².